The summed E-state index contributed by atoms with van der Waals surface area (Å²) in [6.45, 7) is 8.80. The molecule has 2 aromatic carbocycles. The van der Waals surface area contributed by atoms with Gasteiger partial charge in [0.15, 0.2) is 0 Å². The van der Waals surface area contributed by atoms with Gasteiger partial charge in [-0.25, -0.2) is 0 Å². The fourth-order valence-corrected chi connectivity index (χ4v) is 5.46. The molecule has 2 aromatic rings. The quantitative estimate of drug-likeness (QED) is 0.537. The zero-order chi connectivity index (χ0) is 25.3. The number of nitrogens with zero attached hydrogens (tertiary/aromatic N) is 2. The van der Waals surface area contributed by atoms with Crippen molar-refractivity contribution in [3.8, 4) is 5.75 Å². The predicted molar refractivity (Wildman–Crippen MR) is 141 cm³/mol. The maximum Gasteiger partial charge on any atom is 0.294 e. The number of nitrogens with one attached hydrogen (secondary N) is 1. The van der Waals surface area contributed by atoms with Crippen molar-refractivity contribution in [1.82, 2.24) is 4.90 Å². The van der Waals surface area contributed by atoms with Crippen molar-refractivity contribution >= 4 is 46.3 Å². The summed E-state index contributed by atoms with van der Waals surface area (Å²) in [5.41, 5.74) is 3.92. The number of rotatable bonds is 6. The van der Waals surface area contributed by atoms with Crippen LogP contribution in [0.5, 0.6) is 5.75 Å². The summed E-state index contributed by atoms with van der Waals surface area (Å²) in [5.74, 6) is 0.191. The summed E-state index contributed by atoms with van der Waals surface area (Å²) in [4.78, 5) is 41.5. The van der Waals surface area contributed by atoms with E-state index in [2.05, 4.69) is 50.2 Å². The third kappa shape index (κ3) is 5.22. The van der Waals surface area contributed by atoms with Crippen molar-refractivity contribution in [2.75, 3.05) is 30.4 Å². The van der Waals surface area contributed by atoms with Gasteiger partial charge in [-0.1, -0.05) is 13.0 Å². The number of ether oxygens (including phenoxy) is 1. The van der Waals surface area contributed by atoms with Crippen molar-refractivity contribution in [2.45, 2.75) is 45.6 Å². The van der Waals surface area contributed by atoms with Crippen LogP contribution in [0.25, 0.3) is 6.08 Å². The Kier molecular flexibility index (Phi) is 6.94. The van der Waals surface area contributed by atoms with Crippen LogP contribution >= 0.6 is 11.8 Å². The molecule has 4 rings (SSSR count). The summed E-state index contributed by atoms with van der Waals surface area (Å²) in [7, 11) is 2.11. The summed E-state index contributed by atoms with van der Waals surface area (Å²) in [6, 6.07) is 13.1. The molecule has 7 nitrogen and oxygen atoms in total. The zero-order valence-corrected chi connectivity index (χ0v) is 21.6. The van der Waals surface area contributed by atoms with Gasteiger partial charge in [0, 0.05) is 24.0 Å². The molecule has 2 aliphatic heterocycles. The topological polar surface area (TPSA) is 79.0 Å². The number of anilines is 2. The van der Waals surface area contributed by atoms with Gasteiger partial charge in [0.2, 0.25) is 5.91 Å². The number of carbonyl (C=O) groups is 3. The lowest BCUT2D eigenvalue weighted by Crippen LogP contribution is -2.45. The smallest absolute Gasteiger partial charge is 0.294 e. The zero-order valence-electron chi connectivity index (χ0n) is 20.8. The minimum Gasteiger partial charge on any atom is -0.494 e. The van der Waals surface area contributed by atoms with E-state index in [0.717, 1.165) is 28.6 Å². The van der Waals surface area contributed by atoms with E-state index < -0.39 is 17.1 Å². The van der Waals surface area contributed by atoms with E-state index in [0.29, 0.717) is 28.9 Å². The summed E-state index contributed by atoms with van der Waals surface area (Å²) in [6.07, 6.45) is 2.77. The van der Waals surface area contributed by atoms with Gasteiger partial charge in [-0.3, -0.25) is 19.3 Å². The van der Waals surface area contributed by atoms with E-state index in [1.807, 2.05) is 13.0 Å². The third-order valence-electron chi connectivity index (χ3n) is 6.58. The van der Waals surface area contributed by atoms with E-state index in [4.69, 9.17) is 4.74 Å². The molecule has 0 unspecified atom stereocenters. The first kappa shape index (κ1) is 24.9. The van der Waals surface area contributed by atoms with Gasteiger partial charge < -0.3 is 15.0 Å². The molecule has 1 atom stereocenters. The van der Waals surface area contributed by atoms with E-state index in [9.17, 15) is 14.4 Å². The van der Waals surface area contributed by atoms with Crippen molar-refractivity contribution < 1.29 is 19.1 Å². The largest absolute Gasteiger partial charge is 0.494 e. The highest BCUT2D eigenvalue weighted by Crippen LogP contribution is 2.43. The first-order valence-electron chi connectivity index (χ1n) is 11.7. The van der Waals surface area contributed by atoms with E-state index in [-0.39, 0.29) is 12.1 Å². The molecule has 184 valence electrons. The van der Waals surface area contributed by atoms with Gasteiger partial charge >= 0.3 is 0 Å². The van der Waals surface area contributed by atoms with Crippen LogP contribution in [0.1, 0.15) is 51.2 Å². The van der Waals surface area contributed by atoms with Crippen molar-refractivity contribution in [1.29, 1.82) is 0 Å². The first-order valence-corrected chi connectivity index (χ1v) is 12.6. The van der Waals surface area contributed by atoms with Crippen molar-refractivity contribution in [2.24, 2.45) is 0 Å². The molecule has 0 saturated carbocycles. The summed E-state index contributed by atoms with van der Waals surface area (Å²) < 4.78 is 5.39. The second kappa shape index (κ2) is 9.77. The fourth-order valence-electron chi connectivity index (χ4n) is 4.62. The standard InChI is InChI=1S/C27H31N3O4S/c1-6-34-20-10-8-19(9-11-20)28-24(31)16-30-25(32)23(35-26(30)33)14-18-7-12-22-21(13-18)17(2)15-27(3,4)29(22)5/h7-14,17H,6,15-16H2,1-5H3,(H,28,31)/b23-14-/t17-/m1/s1. The van der Waals surface area contributed by atoms with Gasteiger partial charge in [-0.05, 0) is 98.5 Å². The average Bonchev–Trinajstić information content (AvgIpc) is 3.06. The Morgan fingerprint density at radius 2 is 1.91 bits per heavy atom. The lowest BCUT2D eigenvalue weighted by atomic mass is 9.80. The van der Waals surface area contributed by atoms with Gasteiger partial charge in [-0.2, -0.15) is 0 Å². The van der Waals surface area contributed by atoms with Crippen LogP contribution in [0.3, 0.4) is 0 Å². The van der Waals surface area contributed by atoms with E-state index in [1.54, 1.807) is 30.3 Å². The number of hydrogen-bond acceptors (Lipinski definition) is 6. The normalized spacial score (nSPS) is 20.3. The lowest BCUT2D eigenvalue weighted by Gasteiger charge is -2.45. The molecule has 35 heavy (non-hydrogen) atoms. The lowest BCUT2D eigenvalue weighted by molar-refractivity contribution is -0.127. The van der Waals surface area contributed by atoms with Crippen LogP contribution in [0, 0.1) is 0 Å². The Balaban J connectivity index is 1.45. The Labute approximate surface area is 210 Å². The van der Waals surface area contributed by atoms with Crippen LogP contribution in [-0.2, 0) is 9.59 Å². The van der Waals surface area contributed by atoms with Crippen LogP contribution in [0.4, 0.5) is 16.2 Å². The van der Waals surface area contributed by atoms with E-state index >= 15 is 0 Å². The molecule has 0 aliphatic carbocycles. The third-order valence-corrected chi connectivity index (χ3v) is 7.49. The molecule has 2 aliphatic rings. The van der Waals surface area contributed by atoms with Gasteiger partial charge in [0.25, 0.3) is 11.1 Å². The predicted octanol–water partition coefficient (Wildman–Crippen LogP) is 5.48. The molecule has 1 fully saturated rings. The molecular weight excluding hydrogens is 462 g/mol. The van der Waals surface area contributed by atoms with Crippen molar-refractivity contribution in [3.63, 3.8) is 0 Å². The maximum absolute atomic E-state index is 12.9. The maximum atomic E-state index is 12.9. The molecule has 0 aromatic heterocycles. The summed E-state index contributed by atoms with van der Waals surface area (Å²) in [5, 5.41) is 2.27. The van der Waals surface area contributed by atoms with Crippen LogP contribution < -0.4 is 15.0 Å². The van der Waals surface area contributed by atoms with Gasteiger partial charge in [-0.15, -0.1) is 0 Å². The Morgan fingerprint density at radius 1 is 1.20 bits per heavy atom. The molecule has 2 heterocycles. The molecule has 0 bridgehead atoms. The SMILES string of the molecule is CCOc1ccc(NC(=O)CN2C(=O)S/C(=C\c3ccc4c(c3)[C@H](C)CC(C)(C)N4C)C2=O)cc1. The van der Waals surface area contributed by atoms with Gasteiger partial charge in [0.1, 0.15) is 12.3 Å². The molecule has 1 N–H and O–H groups in total. The molecule has 0 spiro atoms. The van der Waals surface area contributed by atoms with Gasteiger partial charge in [0.05, 0.1) is 11.5 Å². The molecule has 3 amide bonds. The number of thioether (sulfide) groups is 1. The highest BCUT2D eigenvalue weighted by atomic mass is 32.2. The second-order valence-corrected chi connectivity index (χ2v) is 10.6. The number of amides is 3. The van der Waals surface area contributed by atoms with Crippen LogP contribution in [0.2, 0.25) is 0 Å². The Bertz CT molecular complexity index is 1190. The first-order chi connectivity index (χ1) is 16.6. The Hall–Kier alpha value is -3.26. The average molecular weight is 494 g/mol. The monoisotopic (exact) mass is 493 g/mol. The second-order valence-electron chi connectivity index (χ2n) is 9.57. The molecule has 1 saturated heterocycles. The molecular formula is C27H31N3O4S. The summed E-state index contributed by atoms with van der Waals surface area (Å²) >= 11 is 0.862. The minimum atomic E-state index is -0.453. The minimum absolute atomic E-state index is 0.0719. The van der Waals surface area contributed by atoms with Crippen LogP contribution in [0.15, 0.2) is 47.4 Å². The van der Waals surface area contributed by atoms with Crippen LogP contribution in [-0.4, -0.2) is 47.7 Å². The molecule has 0 radical (unpaired) electrons. The highest BCUT2D eigenvalue weighted by Gasteiger charge is 2.37. The van der Waals surface area contributed by atoms with E-state index in [1.165, 1.54) is 11.3 Å². The van der Waals surface area contributed by atoms with Crippen molar-refractivity contribution in [3.05, 3.63) is 58.5 Å². The molecule has 8 heteroatoms. The Morgan fingerprint density at radius 3 is 2.60 bits per heavy atom. The number of fused-ring (bicyclic) bond motifs is 1. The number of hydrogen-bond donors (Lipinski definition) is 1. The fraction of sp³-hybridized carbons (Fsp3) is 0.370. The number of imide groups is 1. The highest BCUT2D eigenvalue weighted by molar-refractivity contribution is 8.18. The number of carbonyl (C=O) groups excluding carboxylic acids is 3. The number of benzene rings is 2.